The van der Waals surface area contributed by atoms with E-state index in [9.17, 15) is 4.79 Å². The van der Waals surface area contributed by atoms with Crippen LogP contribution in [0.2, 0.25) is 0 Å². The highest BCUT2D eigenvalue weighted by atomic mass is 32.1. The number of nitrogens with zero attached hydrogens (tertiary/aromatic N) is 2. The van der Waals surface area contributed by atoms with E-state index in [2.05, 4.69) is 20.5 Å². The monoisotopic (exact) mass is 272 g/mol. The summed E-state index contributed by atoms with van der Waals surface area (Å²) in [6, 6.07) is 6.01. The first-order valence-electron chi connectivity index (χ1n) is 5.85. The Labute approximate surface area is 113 Å². The standard InChI is InChI=1S/C13H12N4OS/c1-8-2-3-9-10(5-14-11(9)4-8)12(18)6-15-13-17-16-7-19-13/h2-5,7,14H,6H2,1H3,(H,15,17). The summed E-state index contributed by atoms with van der Waals surface area (Å²) in [6.07, 6.45) is 1.76. The first kappa shape index (κ1) is 11.9. The molecule has 5 nitrogen and oxygen atoms in total. The van der Waals surface area contributed by atoms with E-state index in [-0.39, 0.29) is 12.3 Å². The van der Waals surface area contributed by atoms with Crippen LogP contribution in [0.15, 0.2) is 29.9 Å². The van der Waals surface area contributed by atoms with Crippen LogP contribution in [-0.4, -0.2) is 27.5 Å². The van der Waals surface area contributed by atoms with Crippen molar-refractivity contribution < 1.29 is 4.79 Å². The summed E-state index contributed by atoms with van der Waals surface area (Å²) in [6.45, 7) is 2.24. The smallest absolute Gasteiger partial charge is 0.205 e. The highest BCUT2D eigenvalue weighted by Crippen LogP contribution is 2.20. The third-order valence-electron chi connectivity index (χ3n) is 2.90. The Bertz CT molecular complexity index is 717. The van der Waals surface area contributed by atoms with Gasteiger partial charge in [0.2, 0.25) is 5.13 Å². The predicted molar refractivity (Wildman–Crippen MR) is 75.8 cm³/mol. The molecule has 0 radical (unpaired) electrons. The Morgan fingerprint density at radius 3 is 3.16 bits per heavy atom. The number of nitrogens with one attached hydrogen (secondary N) is 2. The molecule has 2 aromatic heterocycles. The molecule has 1 aromatic carbocycles. The van der Waals surface area contributed by atoms with Gasteiger partial charge in [-0.05, 0) is 18.6 Å². The average molecular weight is 272 g/mol. The van der Waals surface area contributed by atoms with Crippen LogP contribution in [0.4, 0.5) is 5.13 Å². The molecule has 3 aromatic rings. The van der Waals surface area contributed by atoms with E-state index < -0.39 is 0 Å². The fraction of sp³-hybridized carbons (Fsp3) is 0.154. The van der Waals surface area contributed by atoms with Crippen LogP contribution in [0.1, 0.15) is 15.9 Å². The summed E-state index contributed by atoms with van der Waals surface area (Å²) in [5.41, 5.74) is 4.48. The quantitative estimate of drug-likeness (QED) is 0.716. The van der Waals surface area contributed by atoms with Crippen molar-refractivity contribution in [2.45, 2.75) is 6.92 Å². The number of fused-ring (bicyclic) bond motifs is 1. The van der Waals surface area contributed by atoms with Crippen molar-refractivity contribution in [3.63, 3.8) is 0 Å². The number of benzene rings is 1. The van der Waals surface area contributed by atoms with Crippen molar-refractivity contribution in [3.8, 4) is 0 Å². The minimum atomic E-state index is 0.0327. The molecule has 0 aliphatic rings. The maximum Gasteiger partial charge on any atom is 0.205 e. The molecule has 3 rings (SSSR count). The molecule has 0 amide bonds. The van der Waals surface area contributed by atoms with Gasteiger partial charge in [0.1, 0.15) is 5.51 Å². The molecule has 0 saturated carbocycles. The Morgan fingerprint density at radius 1 is 1.47 bits per heavy atom. The minimum Gasteiger partial charge on any atom is -0.360 e. The third-order valence-corrected chi connectivity index (χ3v) is 3.55. The summed E-state index contributed by atoms with van der Waals surface area (Å²) >= 11 is 1.37. The number of rotatable bonds is 4. The van der Waals surface area contributed by atoms with E-state index in [0.717, 1.165) is 10.9 Å². The minimum absolute atomic E-state index is 0.0327. The maximum atomic E-state index is 12.2. The van der Waals surface area contributed by atoms with Gasteiger partial charge >= 0.3 is 0 Å². The van der Waals surface area contributed by atoms with Gasteiger partial charge in [-0.3, -0.25) is 4.79 Å². The van der Waals surface area contributed by atoms with Crippen LogP contribution in [0.3, 0.4) is 0 Å². The zero-order valence-corrected chi connectivity index (χ0v) is 11.1. The molecular formula is C13H12N4OS. The van der Waals surface area contributed by atoms with Crippen molar-refractivity contribution in [2.24, 2.45) is 0 Å². The number of hydrogen-bond donors (Lipinski definition) is 2. The summed E-state index contributed by atoms with van der Waals surface area (Å²) < 4.78 is 0. The molecule has 96 valence electrons. The van der Waals surface area contributed by atoms with E-state index in [1.54, 1.807) is 11.7 Å². The van der Waals surface area contributed by atoms with Crippen molar-refractivity contribution in [3.05, 3.63) is 41.0 Å². The van der Waals surface area contributed by atoms with Crippen LogP contribution in [0.5, 0.6) is 0 Å². The average Bonchev–Trinajstić information content (AvgIpc) is 3.04. The second-order valence-electron chi connectivity index (χ2n) is 4.27. The summed E-state index contributed by atoms with van der Waals surface area (Å²) in [4.78, 5) is 15.3. The van der Waals surface area contributed by atoms with Gasteiger partial charge in [-0.1, -0.05) is 23.5 Å². The summed E-state index contributed by atoms with van der Waals surface area (Å²) in [7, 11) is 0. The van der Waals surface area contributed by atoms with Gasteiger partial charge in [0.15, 0.2) is 5.78 Å². The van der Waals surface area contributed by atoms with Crippen molar-refractivity contribution >= 4 is 33.2 Å². The number of anilines is 1. The number of aryl methyl sites for hydroxylation is 1. The van der Waals surface area contributed by atoms with E-state index in [1.807, 2.05) is 25.1 Å². The largest absolute Gasteiger partial charge is 0.360 e. The maximum absolute atomic E-state index is 12.2. The molecule has 0 saturated heterocycles. The van der Waals surface area contributed by atoms with Gasteiger partial charge < -0.3 is 10.3 Å². The zero-order chi connectivity index (χ0) is 13.2. The first-order chi connectivity index (χ1) is 9.24. The lowest BCUT2D eigenvalue weighted by molar-refractivity contribution is 0.101. The lowest BCUT2D eigenvalue weighted by Crippen LogP contribution is -2.13. The van der Waals surface area contributed by atoms with Crippen LogP contribution in [0, 0.1) is 6.92 Å². The topological polar surface area (TPSA) is 70.7 Å². The van der Waals surface area contributed by atoms with Crippen LogP contribution < -0.4 is 5.32 Å². The number of aromatic nitrogens is 3. The molecule has 0 atom stereocenters. The molecule has 6 heteroatoms. The molecular weight excluding hydrogens is 260 g/mol. The van der Waals surface area contributed by atoms with Crippen molar-refractivity contribution in [1.29, 1.82) is 0 Å². The Hall–Kier alpha value is -2.21. The molecule has 0 unspecified atom stereocenters. The van der Waals surface area contributed by atoms with Gasteiger partial charge in [0.05, 0.1) is 6.54 Å². The fourth-order valence-electron chi connectivity index (χ4n) is 1.97. The number of hydrogen-bond acceptors (Lipinski definition) is 5. The zero-order valence-electron chi connectivity index (χ0n) is 10.3. The second-order valence-corrected chi connectivity index (χ2v) is 5.11. The number of ketones is 1. The Balaban J connectivity index is 1.81. The number of Topliss-reactive ketones (excluding diaryl/α,β-unsaturated/α-hetero) is 1. The number of H-pyrrole nitrogens is 1. The highest BCUT2D eigenvalue weighted by Gasteiger charge is 2.12. The van der Waals surface area contributed by atoms with Gasteiger partial charge in [0.25, 0.3) is 0 Å². The lowest BCUT2D eigenvalue weighted by atomic mass is 10.1. The Morgan fingerprint density at radius 2 is 2.37 bits per heavy atom. The number of carbonyl (C=O) groups excluding carboxylic acids is 1. The molecule has 2 heterocycles. The van der Waals surface area contributed by atoms with Gasteiger partial charge in [-0.2, -0.15) is 0 Å². The summed E-state index contributed by atoms with van der Waals surface area (Å²) in [5, 5.41) is 12.1. The molecule has 2 N–H and O–H groups in total. The van der Waals surface area contributed by atoms with Crippen LogP contribution in [-0.2, 0) is 0 Å². The molecule has 0 fully saturated rings. The first-order valence-corrected chi connectivity index (χ1v) is 6.73. The normalized spacial score (nSPS) is 10.8. The molecule has 0 aliphatic carbocycles. The molecule has 19 heavy (non-hydrogen) atoms. The summed E-state index contributed by atoms with van der Waals surface area (Å²) in [5.74, 6) is 0.0327. The van der Waals surface area contributed by atoms with E-state index in [1.165, 1.54) is 16.9 Å². The highest BCUT2D eigenvalue weighted by molar-refractivity contribution is 7.13. The van der Waals surface area contributed by atoms with Crippen LogP contribution >= 0.6 is 11.3 Å². The molecule has 0 aliphatic heterocycles. The van der Waals surface area contributed by atoms with Crippen molar-refractivity contribution in [1.82, 2.24) is 15.2 Å². The third kappa shape index (κ3) is 2.34. The molecule has 0 bridgehead atoms. The van der Waals surface area contributed by atoms with E-state index in [4.69, 9.17) is 0 Å². The lowest BCUT2D eigenvalue weighted by Gasteiger charge is -2.01. The van der Waals surface area contributed by atoms with E-state index >= 15 is 0 Å². The van der Waals surface area contributed by atoms with Gasteiger partial charge in [-0.25, -0.2) is 0 Å². The predicted octanol–water partition coefficient (Wildman–Crippen LogP) is 2.62. The van der Waals surface area contributed by atoms with Crippen LogP contribution in [0.25, 0.3) is 10.9 Å². The van der Waals surface area contributed by atoms with E-state index in [0.29, 0.717) is 10.7 Å². The SMILES string of the molecule is Cc1ccc2c(C(=O)CNc3nncs3)c[nH]c2c1. The number of aromatic amines is 1. The van der Waals surface area contributed by atoms with Crippen molar-refractivity contribution in [2.75, 3.05) is 11.9 Å². The number of carbonyl (C=O) groups is 1. The second kappa shape index (κ2) is 4.81. The Kier molecular flexibility index (Phi) is 3.00. The van der Waals surface area contributed by atoms with Gasteiger partial charge in [-0.15, -0.1) is 10.2 Å². The molecule has 0 spiro atoms. The van der Waals surface area contributed by atoms with Gasteiger partial charge in [0, 0.05) is 22.7 Å². The fourth-order valence-corrected chi connectivity index (χ4v) is 2.42.